The highest BCUT2D eigenvalue weighted by atomic mass is 32.2. The number of hydrogen-bond acceptors (Lipinski definition) is 4. The molecule has 0 fully saturated rings. The van der Waals surface area contributed by atoms with Gasteiger partial charge >= 0.3 is 5.97 Å². The second kappa shape index (κ2) is 7.00. The molecule has 3 rings (SSSR count). The van der Waals surface area contributed by atoms with Crippen LogP contribution in [0.25, 0.3) is 0 Å². The van der Waals surface area contributed by atoms with Gasteiger partial charge in [-0.05, 0) is 24.3 Å². The maximum absolute atomic E-state index is 12.4. The van der Waals surface area contributed by atoms with Crippen molar-refractivity contribution in [1.29, 1.82) is 0 Å². The number of amides is 1. The van der Waals surface area contributed by atoms with Gasteiger partial charge in [0.2, 0.25) is 5.91 Å². The molecule has 1 aliphatic heterocycles. The zero-order valence-corrected chi connectivity index (χ0v) is 13.2. The Balaban J connectivity index is 1.66. The summed E-state index contributed by atoms with van der Waals surface area (Å²) in [5.41, 5.74) is 1.56. The van der Waals surface area contributed by atoms with Gasteiger partial charge in [-0.25, -0.2) is 4.79 Å². The first-order chi connectivity index (χ1) is 11.5. The van der Waals surface area contributed by atoms with E-state index >= 15 is 0 Å². The summed E-state index contributed by atoms with van der Waals surface area (Å²) in [6.45, 7) is 0. The Morgan fingerprint density at radius 3 is 2.79 bits per heavy atom. The van der Waals surface area contributed by atoms with Gasteiger partial charge in [0, 0.05) is 16.1 Å². The maximum Gasteiger partial charge on any atom is 0.339 e. The number of halogens is 2. The minimum Gasteiger partial charge on any atom is -0.453 e. The van der Waals surface area contributed by atoms with Crippen molar-refractivity contribution in [2.45, 2.75) is 23.2 Å². The molecule has 0 unspecified atom stereocenters. The molecule has 2 aromatic carbocycles. The fourth-order valence-corrected chi connectivity index (χ4v) is 3.06. The van der Waals surface area contributed by atoms with Gasteiger partial charge in [-0.2, -0.15) is 8.78 Å². The molecule has 4 nitrogen and oxygen atoms in total. The Bertz CT molecular complexity index is 782. The summed E-state index contributed by atoms with van der Waals surface area (Å²) in [4.78, 5) is 24.3. The van der Waals surface area contributed by atoms with E-state index in [4.69, 9.17) is 4.74 Å². The average molecular weight is 349 g/mol. The Morgan fingerprint density at radius 2 is 2.00 bits per heavy atom. The molecule has 2 aromatic rings. The lowest BCUT2D eigenvalue weighted by atomic mass is 10.0. The molecule has 0 bridgehead atoms. The van der Waals surface area contributed by atoms with Crippen LogP contribution < -0.4 is 5.32 Å². The van der Waals surface area contributed by atoms with Crippen LogP contribution in [0.3, 0.4) is 0 Å². The minimum absolute atomic E-state index is 0.0328. The second-order valence-electron chi connectivity index (χ2n) is 5.14. The number of thioether (sulfide) groups is 1. The van der Waals surface area contributed by atoms with Crippen LogP contribution in [0.5, 0.6) is 0 Å². The van der Waals surface area contributed by atoms with Gasteiger partial charge in [-0.15, -0.1) is 0 Å². The highest BCUT2D eigenvalue weighted by molar-refractivity contribution is 7.99. The lowest BCUT2D eigenvalue weighted by Gasteiger charge is -2.11. The van der Waals surface area contributed by atoms with Gasteiger partial charge in [-0.3, -0.25) is 4.79 Å². The van der Waals surface area contributed by atoms with Crippen molar-refractivity contribution >= 4 is 29.3 Å². The van der Waals surface area contributed by atoms with Gasteiger partial charge in [0.25, 0.3) is 5.76 Å². The van der Waals surface area contributed by atoms with E-state index in [1.807, 2.05) is 0 Å². The normalized spacial score (nSPS) is 16.0. The number of rotatable bonds is 5. The van der Waals surface area contributed by atoms with Crippen LogP contribution in [0.4, 0.5) is 14.5 Å². The average Bonchev–Trinajstić information content (AvgIpc) is 2.83. The topological polar surface area (TPSA) is 55.4 Å². The van der Waals surface area contributed by atoms with Crippen molar-refractivity contribution in [2.75, 3.05) is 5.32 Å². The number of esters is 1. The lowest BCUT2D eigenvalue weighted by molar-refractivity contribution is -0.118. The lowest BCUT2D eigenvalue weighted by Crippen LogP contribution is -2.15. The molecular formula is C17H13F2NO3S. The van der Waals surface area contributed by atoms with Gasteiger partial charge in [0.05, 0.1) is 12.0 Å². The van der Waals surface area contributed by atoms with Crippen LogP contribution in [0.15, 0.2) is 53.4 Å². The van der Waals surface area contributed by atoms with E-state index in [-0.39, 0.29) is 12.3 Å². The van der Waals surface area contributed by atoms with Crippen molar-refractivity contribution in [1.82, 2.24) is 0 Å². The molecule has 7 heteroatoms. The third-order valence-electron chi connectivity index (χ3n) is 3.49. The molecule has 1 atom stereocenters. The molecule has 1 N–H and O–H groups in total. The summed E-state index contributed by atoms with van der Waals surface area (Å²) in [6, 6.07) is 13.1. The SMILES string of the molecule is O=C(C[C@@H]1OC(=O)c2ccccc21)Nc1cccc(SC(F)F)c1. The number of benzene rings is 2. The van der Waals surface area contributed by atoms with Gasteiger partial charge in [0.15, 0.2) is 0 Å². The highest BCUT2D eigenvalue weighted by Gasteiger charge is 2.32. The monoisotopic (exact) mass is 349 g/mol. The second-order valence-corrected chi connectivity index (χ2v) is 6.20. The molecule has 0 saturated heterocycles. The van der Waals surface area contributed by atoms with E-state index in [2.05, 4.69) is 5.32 Å². The van der Waals surface area contributed by atoms with Gasteiger partial charge in [-0.1, -0.05) is 36.0 Å². The molecule has 0 aliphatic carbocycles. The molecule has 1 amide bonds. The summed E-state index contributed by atoms with van der Waals surface area (Å²) in [7, 11) is 0. The summed E-state index contributed by atoms with van der Waals surface area (Å²) in [6.07, 6.45) is -0.665. The highest BCUT2D eigenvalue weighted by Crippen LogP contribution is 2.33. The molecule has 0 saturated carbocycles. The fourth-order valence-electron chi connectivity index (χ4n) is 2.50. The smallest absolute Gasteiger partial charge is 0.339 e. The molecule has 1 heterocycles. The van der Waals surface area contributed by atoms with Crippen LogP contribution >= 0.6 is 11.8 Å². The van der Waals surface area contributed by atoms with E-state index < -0.39 is 17.8 Å². The predicted molar refractivity (Wildman–Crippen MR) is 86.1 cm³/mol. The summed E-state index contributed by atoms with van der Waals surface area (Å²) in [5.74, 6) is -3.33. The Morgan fingerprint density at radius 1 is 1.21 bits per heavy atom. The standard InChI is InChI=1S/C17H13F2NO3S/c18-17(19)24-11-5-3-4-10(8-11)20-15(21)9-14-12-6-1-2-7-13(12)16(22)23-14/h1-8,14,17H,9H2,(H,20,21)/t14-/m0/s1. The number of alkyl halides is 2. The fraction of sp³-hybridized carbons (Fsp3) is 0.176. The first-order valence-electron chi connectivity index (χ1n) is 7.17. The number of anilines is 1. The summed E-state index contributed by atoms with van der Waals surface area (Å²) < 4.78 is 30.0. The Hall–Kier alpha value is -2.41. The van der Waals surface area contributed by atoms with Crippen molar-refractivity contribution in [3.8, 4) is 0 Å². The largest absolute Gasteiger partial charge is 0.453 e. The number of ether oxygens (including phenoxy) is 1. The van der Waals surface area contributed by atoms with Crippen LogP contribution in [0.2, 0.25) is 0 Å². The van der Waals surface area contributed by atoms with E-state index in [0.717, 1.165) is 0 Å². The number of cyclic esters (lactones) is 1. The predicted octanol–water partition coefficient (Wildman–Crippen LogP) is 4.24. The van der Waals surface area contributed by atoms with E-state index in [1.165, 1.54) is 6.07 Å². The minimum atomic E-state index is -2.52. The molecule has 0 radical (unpaired) electrons. The van der Waals surface area contributed by atoms with Gasteiger partial charge in [0.1, 0.15) is 6.10 Å². The first kappa shape index (κ1) is 16.4. The van der Waals surface area contributed by atoms with Crippen molar-refractivity contribution in [3.05, 3.63) is 59.7 Å². The third-order valence-corrected chi connectivity index (χ3v) is 4.19. The number of carbonyl (C=O) groups is 2. The molecular weight excluding hydrogens is 336 g/mol. The van der Waals surface area contributed by atoms with E-state index in [1.54, 1.807) is 42.5 Å². The Labute approximate surface area is 141 Å². The summed E-state index contributed by atoms with van der Waals surface area (Å²) in [5, 5.41) is 2.64. The molecule has 1 aliphatic rings. The van der Waals surface area contributed by atoms with Crippen molar-refractivity contribution in [3.63, 3.8) is 0 Å². The number of carbonyl (C=O) groups excluding carboxylic acids is 2. The molecule has 124 valence electrons. The van der Waals surface area contributed by atoms with Crippen LogP contribution in [0, 0.1) is 0 Å². The number of fused-ring (bicyclic) bond motifs is 1. The van der Waals surface area contributed by atoms with Crippen molar-refractivity contribution < 1.29 is 23.1 Å². The van der Waals surface area contributed by atoms with Crippen LogP contribution in [-0.2, 0) is 9.53 Å². The Kier molecular flexibility index (Phi) is 4.80. The van der Waals surface area contributed by atoms with Crippen molar-refractivity contribution in [2.24, 2.45) is 0 Å². The number of nitrogens with one attached hydrogen (secondary N) is 1. The maximum atomic E-state index is 12.4. The van der Waals surface area contributed by atoms with Crippen LogP contribution in [-0.4, -0.2) is 17.6 Å². The molecule has 0 spiro atoms. The van der Waals surface area contributed by atoms with Gasteiger partial charge < -0.3 is 10.1 Å². The molecule has 0 aromatic heterocycles. The quantitative estimate of drug-likeness (QED) is 0.648. The zero-order valence-electron chi connectivity index (χ0n) is 12.4. The van der Waals surface area contributed by atoms with E-state index in [0.29, 0.717) is 33.5 Å². The van der Waals surface area contributed by atoms with E-state index in [9.17, 15) is 18.4 Å². The first-order valence-corrected chi connectivity index (χ1v) is 8.05. The zero-order chi connectivity index (χ0) is 17.1. The van der Waals surface area contributed by atoms with Crippen LogP contribution in [0.1, 0.15) is 28.4 Å². The summed E-state index contributed by atoms with van der Waals surface area (Å²) >= 11 is 0.410. The number of hydrogen-bond donors (Lipinski definition) is 1. The third kappa shape index (κ3) is 3.73. The molecule has 24 heavy (non-hydrogen) atoms.